The lowest BCUT2D eigenvalue weighted by Gasteiger charge is -2.35. The molecule has 2 rings (SSSR count). The number of hydrogen-bond acceptors (Lipinski definition) is 3. The molecule has 1 fully saturated rings. The molecule has 2 atom stereocenters. The lowest BCUT2D eigenvalue weighted by Crippen LogP contribution is -2.44. The van der Waals surface area contributed by atoms with E-state index >= 15 is 0 Å². The van der Waals surface area contributed by atoms with Crippen molar-refractivity contribution in [1.29, 1.82) is 0 Å². The molecule has 0 aliphatic carbocycles. The average molecular weight is 317 g/mol. The molecule has 4 heteroatoms. The van der Waals surface area contributed by atoms with Crippen molar-refractivity contribution in [3.8, 4) is 0 Å². The normalized spacial score (nSPS) is 20.2. The van der Waals surface area contributed by atoms with Gasteiger partial charge in [0.1, 0.15) is 0 Å². The summed E-state index contributed by atoms with van der Waals surface area (Å²) in [6.07, 6.45) is 7.86. The Bertz CT molecular complexity index is 501. The van der Waals surface area contributed by atoms with E-state index in [0.29, 0.717) is 25.8 Å². The van der Waals surface area contributed by atoms with E-state index in [1.54, 1.807) is 6.08 Å². The minimum Gasteiger partial charge on any atom is -0.393 e. The average Bonchev–Trinajstić information content (AvgIpc) is 2.56. The van der Waals surface area contributed by atoms with Gasteiger partial charge in [0.15, 0.2) is 0 Å². The van der Waals surface area contributed by atoms with E-state index in [-0.39, 0.29) is 24.7 Å². The van der Waals surface area contributed by atoms with Crippen LogP contribution < -0.4 is 0 Å². The van der Waals surface area contributed by atoms with Gasteiger partial charge in [0, 0.05) is 19.0 Å². The summed E-state index contributed by atoms with van der Waals surface area (Å²) in [4.78, 5) is 14.0. The highest BCUT2D eigenvalue weighted by molar-refractivity contribution is 5.77. The summed E-state index contributed by atoms with van der Waals surface area (Å²) in [5.74, 6) is 0.182. The molecule has 1 aliphatic rings. The van der Waals surface area contributed by atoms with Gasteiger partial charge in [-0.15, -0.1) is 0 Å². The Labute approximate surface area is 138 Å². The predicted octanol–water partition coefficient (Wildman–Crippen LogP) is 2.30. The Morgan fingerprint density at radius 2 is 2.04 bits per heavy atom. The minimum atomic E-state index is -0.371. The third kappa shape index (κ3) is 5.81. The highest BCUT2D eigenvalue weighted by atomic mass is 16.3. The van der Waals surface area contributed by atoms with Crippen molar-refractivity contribution in [3.63, 3.8) is 0 Å². The van der Waals surface area contributed by atoms with Crippen LogP contribution in [0.4, 0.5) is 0 Å². The van der Waals surface area contributed by atoms with Gasteiger partial charge in [-0.1, -0.05) is 42.5 Å². The number of benzene rings is 1. The minimum absolute atomic E-state index is 0.00247. The van der Waals surface area contributed by atoms with Gasteiger partial charge in [0.25, 0.3) is 0 Å². The summed E-state index contributed by atoms with van der Waals surface area (Å²) in [6.45, 7) is 0.557. The van der Waals surface area contributed by atoms with Gasteiger partial charge in [0.05, 0.1) is 12.7 Å². The first kappa shape index (κ1) is 17.7. The number of amides is 1. The van der Waals surface area contributed by atoms with Gasteiger partial charge >= 0.3 is 0 Å². The van der Waals surface area contributed by atoms with Gasteiger partial charge in [-0.25, -0.2) is 0 Å². The first-order valence-corrected chi connectivity index (χ1v) is 8.48. The molecule has 1 heterocycles. The number of carbonyl (C=O) groups excluding carboxylic acids is 1. The summed E-state index contributed by atoms with van der Waals surface area (Å²) in [6, 6.07) is 10.2. The standard InChI is InChI=1S/C19H27NO3/c21-14-5-4-13-20-17(9-6-10-19(20)23)11-12-18(22)15-16-7-2-1-3-8-16/h1-5,7-8,17-18,21-22H,6,9-15H2/b5-4-/t17?,18-/m1/s1. The Kier molecular flexibility index (Phi) is 7.30. The number of nitrogens with zero attached hydrogens (tertiary/aromatic N) is 1. The molecule has 1 aromatic rings. The monoisotopic (exact) mass is 317 g/mol. The summed E-state index contributed by atoms with van der Waals surface area (Å²) in [7, 11) is 0. The largest absolute Gasteiger partial charge is 0.393 e. The molecule has 1 aliphatic heterocycles. The van der Waals surface area contributed by atoms with Crippen molar-refractivity contribution >= 4 is 5.91 Å². The molecule has 4 nitrogen and oxygen atoms in total. The van der Waals surface area contributed by atoms with Crippen LogP contribution in [0.1, 0.15) is 37.7 Å². The van der Waals surface area contributed by atoms with Crippen LogP contribution in [-0.4, -0.2) is 46.3 Å². The molecular weight excluding hydrogens is 290 g/mol. The number of hydrogen-bond donors (Lipinski definition) is 2. The molecule has 1 aromatic carbocycles. The van der Waals surface area contributed by atoms with Crippen LogP contribution in [-0.2, 0) is 11.2 Å². The van der Waals surface area contributed by atoms with E-state index in [2.05, 4.69) is 0 Å². The van der Waals surface area contributed by atoms with E-state index in [1.165, 1.54) is 0 Å². The fourth-order valence-corrected chi connectivity index (χ4v) is 3.18. The number of rotatable bonds is 8. The second kappa shape index (κ2) is 9.48. The second-order valence-electron chi connectivity index (χ2n) is 6.17. The van der Waals surface area contributed by atoms with E-state index in [0.717, 1.165) is 24.8 Å². The molecule has 0 spiro atoms. The van der Waals surface area contributed by atoms with Gasteiger partial charge in [-0.3, -0.25) is 4.79 Å². The molecule has 0 saturated carbocycles. The molecule has 0 radical (unpaired) electrons. The van der Waals surface area contributed by atoms with Crippen molar-refractivity contribution in [2.75, 3.05) is 13.2 Å². The Hall–Kier alpha value is -1.65. The summed E-state index contributed by atoms with van der Waals surface area (Å²) in [5, 5.41) is 19.1. The Morgan fingerprint density at radius 3 is 2.78 bits per heavy atom. The molecular formula is C19H27NO3. The molecule has 126 valence electrons. The van der Waals surface area contributed by atoms with Crippen molar-refractivity contribution in [2.24, 2.45) is 0 Å². The fraction of sp³-hybridized carbons (Fsp3) is 0.526. The number of carbonyl (C=O) groups is 1. The third-order valence-electron chi connectivity index (χ3n) is 4.41. The molecule has 0 bridgehead atoms. The first-order valence-electron chi connectivity index (χ1n) is 8.48. The first-order chi connectivity index (χ1) is 11.2. The van der Waals surface area contributed by atoms with Crippen LogP contribution in [0.25, 0.3) is 0 Å². The predicted molar refractivity (Wildman–Crippen MR) is 91.0 cm³/mol. The van der Waals surface area contributed by atoms with Crippen molar-refractivity contribution in [2.45, 2.75) is 50.7 Å². The molecule has 23 heavy (non-hydrogen) atoms. The lowest BCUT2D eigenvalue weighted by molar-refractivity contribution is -0.136. The van der Waals surface area contributed by atoms with Gasteiger partial charge in [-0.05, 0) is 37.7 Å². The molecule has 0 aromatic heterocycles. The van der Waals surface area contributed by atoms with Crippen molar-refractivity contribution < 1.29 is 15.0 Å². The highest BCUT2D eigenvalue weighted by Crippen LogP contribution is 2.23. The maximum Gasteiger partial charge on any atom is 0.223 e. The van der Waals surface area contributed by atoms with Crippen LogP contribution in [0.2, 0.25) is 0 Å². The van der Waals surface area contributed by atoms with E-state index < -0.39 is 0 Å². The fourth-order valence-electron chi connectivity index (χ4n) is 3.18. The van der Waals surface area contributed by atoms with Crippen LogP contribution in [0.5, 0.6) is 0 Å². The Balaban J connectivity index is 1.83. The van der Waals surface area contributed by atoms with E-state index in [9.17, 15) is 9.90 Å². The van der Waals surface area contributed by atoms with Crippen LogP contribution in [0.3, 0.4) is 0 Å². The molecule has 1 unspecified atom stereocenters. The van der Waals surface area contributed by atoms with Gasteiger partial charge in [-0.2, -0.15) is 0 Å². The summed E-state index contributed by atoms with van der Waals surface area (Å²) in [5.41, 5.74) is 1.14. The van der Waals surface area contributed by atoms with Crippen LogP contribution >= 0.6 is 0 Å². The third-order valence-corrected chi connectivity index (χ3v) is 4.41. The van der Waals surface area contributed by atoms with E-state index in [1.807, 2.05) is 41.3 Å². The summed E-state index contributed by atoms with van der Waals surface area (Å²) >= 11 is 0. The molecule has 2 N–H and O–H groups in total. The molecule has 1 saturated heterocycles. The smallest absolute Gasteiger partial charge is 0.223 e. The van der Waals surface area contributed by atoms with Crippen molar-refractivity contribution in [3.05, 3.63) is 48.0 Å². The topological polar surface area (TPSA) is 60.8 Å². The van der Waals surface area contributed by atoms with Gasteiger partial charge in [0.2, 0.25) is 5.91 Å². The van der Waals surface area contributed by atoms with Crippen LogP contribution in [0.15, 0.2) is 42.5 Å². The zero-order valence-electron chi connectivity index (χ0n) is 13.6. The lowest BCUT2D eigenvalue weighted by atomic mass is 9.94. The zero-order valence-corrected chi connectivity index (χ0v) is 13.6. The maximum atomic E-state index is 12.1. The van der Waals surface area contributed by atoms with Gasteiger partial charge < -0.3 is 15.1 Å². The Morgan fingerprint density at radius 1 is 1.26 bits per heavy atom. The van der Waals surface area contributed by atoms with E-state index in [4.69, 9.17) is 5.11 Å². The zero-order chi connectivity index (χ0) is 16.5. The van der Waals surface area contributed by atoms with Crippen LogP contribution in [0, 0.1) is 0 Å². The number of likely N-dealkylation sites (tertiary alicyclic amines) is 1. The molecule has 1 amide bonds. The number of piperidine rings is 1. The quantitative estimate of drug-likeness (QED) is 0.723. The van der Waals surface area contributed by atoms with Crippen molar-refractivity contribution in [1.82, 2.24) is 4.90 Å². The second-order valence-corrected chi connectivity index (χ2v) is 6.17. The maximum absolute atomic E-state index is 12.1. The highest BCUT2D eigenvalue weighted by Gasteiger charge is 2.27. The number of aliphatic hydroxyl groups excluding tert-OH is 2. The number of aliphatic hydroxyl groups is 2. The summed E-state index contributed by atoms with van der Waals surface area (Å²) < 4.78 is 0. The SMILES string of the molecule is O=C1CCCC(CC[C@@H](O)Cc2ccccc2)N1C/C=C\CO.